The van der Waals surface area contributed by atoms with Gasteiger partial charge in [0.25, 0.3) is 0 Å². The Kier molecular flexibility index (Phi) is 6.80. The number of benzene rings is 1. The Hall–Kier alpha value is -2.69. The number of H-pyrrole nitrogens is 1. The molecule has 2 aliphatic heterocycles. The first-order valence-corrected chi connectivity index (χ1v) is 12.1. The number of nitrogens with zero attached hydrogens (tertiary/aromatic N) is 6. The van der Waals surface area contributed by atoms with E-state index in [4.69, 9.17) is 9.47 Å². The summed E-state index contributed by atoms with van der Waals surface area (Å²) in [6, 6.07) is 10.4. The Bertz CT molecular complexity index is 1060. The maximum absolute atomic E-state index is 5.91. The highest BCUT2D eigenvalue weighted by Gasteiger charge is 2.17. The lowest BCUT2D eigenvalue weighted by Gasteiger charge is -2.26. The molecule has 0 radical (unpaired) electrons. The summed E-state index contributed by atoms with van der Waals surface area (Å²) in [6.45, 7) is 6.22. The summed E-state index contributed by atoms with van der Waals surface area (Å²) in [6.07, 6.45) is 1.98. The van der Waals surface area contributed by atoms with E-state index in [0.29, 0.717) is 25.0 Å². The second-order valence-electron chi connectivity index (χ2n) is 7.73. The number of hydrogen-bond acceptors (Lipinski definition) is 9. The smallest absolute Gasteiger partial charge is 0.320 e. The molecule has 2 saturated heterocycles. The van der Waals surface area contributed by atoms with Crippen molar-refractivity contribution in [3.05, 3.63) is 42.1 Å². The van der Waals surface area contributed by atoms with Gasteiger partial charge < -0.3 is 19.4 Å². The molecule has 0 unspecified atom stereocenters. The molecule has 3 aromatic rings. The minimum absolute atomic E-state index is 0.355. The van der Waals surface area contributed by atoms with Crippen LogP contribution in [0.2, 0.25) is 0 Å². The topological polar surface area (TPSA) is 91.2 Å². The zero-order chi connectivity index (χ0) is 21.6. The molecule has 2 aromatic heterocycles. The summed E-state index contributed by atoms with van der Waals surface area (Å²) in [7, 11) is 0. The van der Waals surface area contributed by atoms with Crippen LogP contribution in [-0.2, 0) is 11.3 Å². The normalized spacial score (nSPS) is 17.6. The third-order valence-corrected chi connectivity index (χ3v) is 6.55. The first-order chi connectivity index (χ1) is 15.8. The van der Waals surface area contributed by atoms with E-state index in [9.17, 15) is 0 Å². The van der Waals surface area contributed by atoms with Crippen LogP contribution < -0.4 is 9.64 Å². The molecule has 0 bridgehead atoms. The highest BCUT2D eigenvalue weighted by atomic mass is 32.2. The van der Waals surface area contributed by atoms with Crippen LogP contribution in [0.15, 0.2) is 46.8 Å². The zero-order valence-electron chi connectivity index (χ0n) is 17.9. The summed E-state index contributed by atoms with van der Waals surface area (Å²) in [4.78, 5) is 16.9. The molecular formula is C22H27N7O2S. The number of thioether (sulfide) groups is 1. The van der Waals surface area contributed by atoms with E-state index in [1.807, 2.05) is 36.2 Å². The van der Waals surface area contributed by atoms with Crippen molar-refractivity contribution in [1.82, 2.24) is 19.9 Å². The highest BCUT2D eigenvalue weighted by molar-refractivity contribution is 7.99. The molecule has 168 valence electrons. The van der Waals surface area contributed by atoms with E-state index in [-0.39, 0.29) is 0 Å². The SMILES string of the molecule is c1ccc2c(CN=Nc3cc(N4CCSC4)nc(OCCN4CCOCC4)n3)c[nH]c2c1. The van der Waals surface area contributed by atoms with Gasteiger partial charge in [-0.1, -0.05) is 18.2 Å². The van der Waals surface area contributed by atoms with Crippen molar-refractivity contribution in [3.63, 3.8) is 0 Å². The van der Waals surface area contributed by atoms with E-state index in [1.165, 1.54) is 0 Å². The number of rotatable bonds is 8. The largest absolute Gasteiger partial charge is 0.462 e. The number of nitrogens with one attached hydrogen (secondary N) is 1. The van der Waals surface area contributed by atoms with Gasteiger partial charge in [0.1, 0.15) is 12.4 Å². The van der Waals surface area contributed by atoms with Crippen LogP contribution >= 0.6 is 11.8 Å². The minimum Gasteiger partial charge on any atom is -0.462 e. The van der Waals surface area contributed by atoms with Gasteiger partial charge in [-0.25, -0.2) is 0 Å². The molecule has 1 N–H and O–H groups in total. The van der Waals surface area contributed by atoms with Crippen molar-refractivity contribution in [2.45, 2.75) is 6.54 Å². The molecule has 10 heteroatoms. The molecule has 2 fully saturated rings. The van der Waals surface area contributed by atoms with E-state index in [2.05, 4.69) is 47.1 Å². The lowest BCUT2D eigenvalue weighted by Crippen LogP contribution is -2.38. The molecule has 0 aliphatic carbocycles. The first-order valence-electron chi connectivity index (χ1n) is 10.9. The van der Waals surface area contributed by atoms with Gasteiger partial charge >= 0.3 is 6.01 Å². The average Bonchev–Trinajstić information content (AvgIpc) is 3.51. The summed E-state index contributed by atoms with van der Waals surface area (Å²) >= 11 is 1.89. The number of para-hydroxylation sites is 1. The van der Waals surface area contributed by atoms with E-state index >= 15 is 0 Å². The summed E-state index contributed by atoms with van der Waals surface area (Å²) < 4.78 is 11.3. The van der Waals surface area contributed by atoms with Gasteiger partial charge in [0.05, 0.1) is 25.6 Å². The minimum atomic E-state index is 0.355. The Labute approximate surface area is 191 Å². The van der Waals surface area contributed by atoms with E-state index < -0.39 is 0 Å². The van der Waals surface area contributed by atoms with E-state index in [0.717, 1.165) is 73.3 Å². The van der Waals surface area contributed by atoms with Gasteiger partial charge in [-0.15, -0.1) is 16.9 Å². The lowest BCUT2D eigenvalue weighted by atomic mass is 10.2. The molecule has 2 aliphatic rings. The van der Waals surface area contributed by atoms with Crippen LogP contribution in [0.25, 0.3) is 10.9 Å². The third-order valence-electron chi connectivity index (χ3n) is 5.59. The van der Waals surface area contributed by atoms with Crippen molar-refractivity contribution in [2.24, 2.45) is 10.2 Å². The number of ether oxygens (including phenoxy) is 2. The Morgan fingerprint density at radius 3 is 2.94 bits per heavy atom. The van der Waals surface area contributed by atoms with Crippen LogP contribution in [0, 0.1) is 0 Å². The van der Waals surface area contributed by atoms with Crippen LogP contribution in [0.1, 0.15) is 5.56 Å². The van der Waals surface area contributed by atoms with Crippen LogP contribution in [0.5, 0.6) is 6.01 Å². The second kappa shape index (κ2) is 10.3. The molecule has 0 atom stereocenters. The van der Waals surface area contributed by atoms with Gasteiger partial charge in [0.2, 0.25) is 0 Å². The fraction of sp³-hybridized carbons (Fsp3) is 0.455. The number of azo groups is 1. The van der Waals surface area contributed by atoms with Crippen molar-refractivity contribution < 1.29 is 9.47 Å². The van der Waals surface area contributed by atoms with Crippen molar-refractivity contribution >= 4 is 34.3 Å². The third kappa shape index (κ3) is 5.20. The predicted molar refractivity (Wildman–Crippen MR) is 126 cm³/mol. The molecule has 1 aromatic carbocycles. The number of morpholine rings is 1. The number of anilines is 1. The second-order valence-corrected chi connectivity index (χ2v) is 8.80. The number of aromatic amines is 1. The Morgan fingerprint density at radius 2 is 2.06 bits per heavy atom. The highest BCUT2D eigenvalue weighted by Crippen LogP contribution is 2.26. The lowest BCUT2D eigenvalue weighted by molar-refractivity contribution is 0.0317. The quantitative estimate of drug-likeness (QED) is 0.522. The number of fused-ring (bicyclic) bond motifs is 1. The number of hydrogen-bond donors (Lipinski definition) is 1. The molecule has 4 heterocycles. The van der Waals surface area contributed by atoms with Gasteiger partial charge in [0.15, 0.2) is 5.82 Å². The zero-order valence-corrected chi connectivity index (χ0v) is 18.8. The molecule has 32 heavy (non-hydrogen) atoms. The van der Waals surface area contributed by atoms with Gasteiger partial charge in [0, 0.05) is 60.7 Å². The molecular weight excluding hydrogens is 426 g/mol. The maximum Gasteiger partial charge on any atom is 0.320 e. The fourth-order valence-electron chi connectivity index (χ4n) is 3.81. The molecule has 0 amide bonds. The summed E-state index contributed by atoms with van der Waals surface area (Å²) in [5.74, 6) is 3.37. The summed E-state index contributed by atoms with van der Waals surface area (Å²) in [5, 5.41) is 9.97. The van der Waals surface area contributed by atoms with Crippen LogP contribution in [-0.4, -0.2) is 77.5 Å². The van der Waals surface area contributed by atoms with Gasteiger partial charge in [-0.05, 0) is 6.07 Å². The van der Waals surface area contributed by atoms with Crippen LogP contribution in [0.3, 0.4) is 0 Å². The average molecular weight is 454 g/mol. The Morgan fingerprint density at radius 1 is 1.16 bits per heavy atom. The maximum atomic E-state index is 5.91. The first kappa shape index (κ1) is 21.2. The molecule has 9 nitrogen and oxygen atoms in total. The molecule has 5 rings (SSSR count). The molecule has 0 saturated carbocycles. The number of aromatic nitrogens is 3. The Balaban J connectivity index is 1.28. The predicted octanol–water partition coefficient (Wildman–Crippen LogP) is 3.46. The van der Waals surface area contributed by atoms with Crippen molar-refractivity contribution in [2.75, 3.05) is 62.5 Å². The van der Waals surface area contributed by atoms with Gasteiger partial charge in [-0.3, -0.25) is 4.90 Å². The van der Waals surface area contributed by atoms with Crippen molar-refractivity contribution in [3.8, 4) is 6.01 Å². The fourth-order valence-corrected chi connectivity index (χ4v) is 4.77. The summed E-state index contributed by atoms with van der Waals surface area (Å²) in [5.41, 5.74) is 2.21. The monoisotopic (exact) mass is 453 g/mol. The van der Waals surface area contributed by atoms with E-state index in [1.54, 1.807) is 0 Å². The standard InChI is InChI=1S/C22H27N7O2S/c1-2-4-19-18(3-1)17(14-23-19)15-24-27-20-13-21(29-8-12-32-16-29)26-22(25-20)31-11-7-28-5-9-30-10-6-28/h1-4,13-14,23H,5-12,15-16H2. The van der Waals surface area contributed by atoms with Gasteiger partial charge in [-0.2, -0.15) is 15.1 Å². The molecule has 0 spiro atoms. The van der Waals surface area contributed by atoms with Crippen LogP contribution in [0.4, 0.5) is 11.6 Å². The van der Waals surface area contributed by atoms with Crippen molar-refractivity contribution in [1.29, 1.82) is 0 Å².